The van der Waals surface area contributed by atoms with Crippen molar-refractivity contribution in [3.8, 4) is 5.88 Å². The molecule has 0 aliphatic heterocycles. The molecule has 1 unspecified atom stereocenters. The highest BCUT2D eigenvalue weighted by atomic mass is 79.9. The number of aromatic nitrogens is 2. The second-order valence-corrected chi connectivity index (χ2v) is 5.26. The minimum atomic E-state index is 0.0724. The standard InChI is InChI=1S/C13H13BrClN3O/c1-8(9-3-5-10(15)6-4-9)17-13-16-7-11(14)12(18-13)19-2/h3-8H,1-2H3,(H,16,17,18). The fourth-order valence-electron chi connectivity index (χ4n) is 1.59. The molecule has 1 heterocycles. The van der Waals surface area contributed by atoms with Gasteiger partial charge in [-0.3, -0.25) is 0 Å². The molecule has 1 aromatic carbocycles. The third-order valence-corrected chi connectivity index (χ3v) is 3.42. The average molecular weight is 343 g/mol. The van der Waals surface area contributed by atoms with Gasteiger partial charge < -0.3 is 10.1 Å². The number of methoxy groups -OCH3 is 1. The van der Waals surface area contributed by atoms with Crippen LogP contribution in [0, 0.1) is 0 Å². The van der Waals surface area contributed by atoms with Crippen molar-refractivity contribution in [2.24, 2.45) is 0 Å². The Kier molecular flexibility index (Phi) is 4.61. The Balaban J connectivity index is 2.14. The summed E-state index contributed by atoms with van der Waals surface area (Å²) in [6.45, 7) is 2.03. The van der Waals surface area contributed by atoms with Crippen LogP contribution in [0.1, 0.15) is 18.5 Å². The van der Waals surface area contributed by atoms with E-state index in [9.17, 15) is 0 Å². The van der Waals surface area contributed by atoms with Gasteiger partial charge in [0.15, 0.2) is 0 Å². The number of benzene rings is 1. The number of halogens is 2. The summed E-state index contributed by atoms with van der Waals surface area (Å²) in [6, 6.07) is 7.73. The molecule has 6 heteroatoms. The van der Waals surface area contributed by atoms with Crippen molar-refractivity contribution in [1.82, 2.24) is 9.97 Å². The maximum Gasteiger partial charge on any atom is 0.232 e. The number of anilines is 1. The number of hydrogen-bond donors (Lipinski definition) is 1. The molecule has 0 radical (unpaired) electrons. The van der Waals surface area contributed by atoms with Crippen LogP contribution in [0.3, 0.4) is 0 Å². The molecule has 0 amide bonds. The van der Waals surface area contributed by atoms with Gasteiger partial charge in [0.2, 0.25) is 11.8 Å². The van der Waals surface area contributed by atoms with Gasteiger partial charge >= 0.3 is 0 Å². The highest BCUT2D eigenvalue weighted by Gasteiger charge is 2.09. The summed E-state index contributed by atoms with van der Waals surface area (Å²) in [7, 11) is 1.57. The summed E-state index contributed by atoms with van der Waals surface area (Å²) in [6.07, 6.45) is 1.66. The summed E-state index contributed by atoms with van der Waals surface area (Å²) in [5.41, 5.74) is 1.11. The van der Waals surface area contributed by atoms with Crippen LogP contribution in [0.4, 0.5) is 5.95 Å². The normalized spacial score (nSPS) is 12.0. The molecule has 0 fully saturated rings. The van der Waals surface area contributed by atoms with E-state index in [1.165, 1.54) is 0 Å². The largest absolute Gasteiger partial charge is 0.480 e. The molecule has 2 rings (SSSR count). The third-order valence-electron chi connectivity index (χ3n) is 2.62. The van der Waals surface area contributed by atoms with E-state index in [2.05, 4.69) is 31.2 Å². The van der Waals surface area contributed by atoms with E-state index in [1.54, 1.807) is 13.3 Å². The van der Waals surface area contributed by atoms with Gasteiger partial charge in [0.25, 0.3) is 0 Å². The van der Waals surface area contributed by atoms with Crippen molar-refractivity contribution in [2.45, 2.75) is 13.0 Å². The molecule has 100 valence electrons. The van der Waals surface area contributed by atoms with Gasteiger partial charge in [-0.15, -0.1) is 0 Å². The minimum absolute atomic E-state index is 0.0724. The first-order chi connectivity index (χ1) is 9.10. The summed E-state index contributed by atoms with van der Waals surface area (Å²) in [4.78, 5) is 8.45. The lowest BCUT2D eigenvalue weighted by Gasteiger charge is -2.14. The van der Waals surface area contributed by atoms with Crippen LogP contribution in [-0.4, -0.2) is 17.1 Å². The molecule has 1 atom stereocenters. The number of hydrogen-bond acceptors (Lipinski definition) is 4. The van der Waals surface area contributed by atoms with Gasteiger partial charge in [-0.05, 0) is 40.5 Å². The molecule has 0 saturated heterocycles. The zero-order valence-corrected chi connectivity index (χ0v) is 12.9. The SMILES string of the molecule is COc1nc(NC(C)c2ccc(Cl)cc2)ncc1Br. The molecule has 4 nitrogen and oxygen atoms in total. The van der Waals surface area contributed by atoms with Gasteiger partial charge in [-0.2, -0.15) is 4.98 Å². The first-order valence-corrected chi connectivity index (χ1v) is 6.86. The van der Waals surface area contributed by atoms with Gasteiger partial charge in [0, 0.05) is 5.02 Å². The fraction of sp³-hybridized carbons (Fsp3) is 0.231. The molecule has 1 aromatic heterocycles. The van der Waals surface area contributed by atoms with Gasteiger partial charge in [-0.25, -0.2) is 4.98 Å². The maximum atomic E-state index is 5.87. The molecule has 1 N–H and O–H groups in total. The molecule has 2 aromatic rings. The predicted octanol–water partition coefficient (Wildman–Crippen LogP) is 4.07. The van der Waals surface area contributed by atoms with Crippen LogP contribution < -0.4 is 10.1 Å². The predicted molar refractivity (Wildman–Crippen MR) is 79.8 cm³/mol. The van der Waals surface area contributed by atoms with Crippen molar-refractivity contribution in [1.29, 1.82) is 0 Å². The lowest BCUT2D eigenvalue weighted by molar-refractivity contribution is 0.394. The Labute approximate surface area is 125 Å². The lowest BCUT2D eigenvalue weighted by atomic mass is 10.1. The molecule has 19 heavy (non-hydrogen) atoms. The highest BCUT2D eigenvalue weighted by Crippen LogP contribution is 2.24. The molecular weight excluding hydrogens is 330 g/mol. The Morgan fingerprint density at radius 2 is 2.00 bits per heavy atom. The Hall–Kier alpha value is -1.33. The smallest absolute Gasteiger partial charge is 0.232 e. The van der Waals surface area contributed by atoms with E-state index in [4.69, 9.17) is 16.3 Å². The van der Waals surface area contributed by atoms with Crippen LogP contribution in [0.2, 0.25) is 5.02 Å². The molecule has 0 bridgehead atoms. The van der Waals surface area contributed by atoms with Crippen LogP contribution in [0.5, 0.6) is 5.88 Å². The fourth-order valence-corrected chi connectivity index (χ4v) is 2.07. The van der Waals surface area contributed by atoms with Crippen LogP contribution in [0.25, 0.3) is 0 Å². The number of nitrogens with one attached hydrogen (secondary N) is 1. The van der Waals surface area contributed by atoms with Gasteiger partial charge in [0.1, 0.15) is 0 Å². The summed E-state index contributed by atoms with van der Waals surface area (Å²) < 4.78 is 5.86. The van der Waals surface area contributed by atoms with Gasteiger partial charge in [0.05, 0.1) is 23.8 Å². The van der Waals surface area contributed by atoms with E-state index in [1.807, 2.05) is 31.2 Å². The van der Waals surface area contributed by atoms with Gasteiger partial charge in [-0.1, -0.05) is 23.7 Å². The topological polar surface area (TPSA) is 47.0 Å². The van der Waals surface area contributed by atoms with E-state index in [-0.39, 0.29) is 6.04 Å². The third kappa shape index (κ3) is 3.58. The first-order valence-electron chi connectivity index (χ1n) is 5.68. The zero-order valence-electron chi connectivity index (χ0n) is 10.5. The quantitative estimate of drug-likeness (QED) is 0.909. The van der Waals surface area contributed by atoms with Crippen molar-refractivity contribution in [3.63, 3.8) is 0 Å². The van der Waals surface area contributed by atoms with Crippen molar-refractivity contribution in [2.75, 3.05) is 12.4 Å². The number of ether oxygens (including phenoxy) is 1. The van der Waals surface area contributed by atoms with E-state index >= 15 is 0 Å². The maximum absolute atomic E-state index is 5.87. The molecule has 0 aliphatic rings. The summed E-state index contributed by atoms with van der Waals surface area (Å²) in [5, 5.41) is 3.93. The summed E-state index contributed by atoms with van der Waals surface area (Å²) >= 11 is 9.18. The van der Waals surface area contributed by atoms with Crippen molar-refractivity contribution in [3.05, 3.63) is 45.5 Å². The zero-order chi connectivity index (χ0) is 13.8. The minimum Gasteiger partial charge on any atom is -0.480 e. The lowest BCUT2D eigenvalue weighted by Crippen LogP contribution is -2.09. The van der Waals surface area contributed by atoms with Crippen molar-refractivity contribution < 1.29 is 4.74 Å². The average Bonchev–Trinajstić information content (AvgIpc) is 2.41. The second kappa shape index (κ2) is 6.21. The Morgan fingerprint density at radius 3 is 2.63 bits per heavy atom. The second-order valence-electron chi connectivity index (χ2n) is 3.97. The number of rotatable bonds is 4. The van der Waals surface area contributed by atoms with E-state index in [0.29, 0.717) is 11.8 Å². The van der Waals surface area contributed by atoms with Crippen molar-refractivity contribution >= 4 is 33.5 Å². The molecule has 0 spiro atoms. The van der Waals surface area contributed by atoms with Crippen LogP contribution in [-0.2, 0) is 0 Å². The summed E-state index contributed by atoms with van der Waals surface area (Å²) in [5.74, 6) is 1.02. The Bertz CT molecular complexity index is 562. The highest BCUT2D eigenvalue weighted by molar-refractivity contribution is 9.10. The van der Waals surface area contributed by atoms with E-state index in [0.717, 1.165) is 15.1 Å². The molecular formula is C13H13BrClN3O. The number of nitrogens with zero attached hydrogens (tertiary/aromatic N) is 2. The van der Waals surface area contributed by atoms with Crippen LogP contribution in [0.15, 0.2) is 34.9 Å². The van der Waals surface area contributed by atoms with Crippen LogP contribution >= 0.6 is 27.5 Å². The Morgan fingerprint density at radius 1 is 1.32 bits per heavy atom. The molecule has 0 aliphatic carbocycles. The first kappa shape index (κ1) is 14.1. The monoisotopic (exact) mass is 341 g/mol. The van der Waals surface area contributed by atoms with E-state index < -0.39 is 0 Å². The molecule has 0 saturated carbocycles.